The van der Waals surface area contributed by atoms with Gasteiger partial charge in [0.2, 0.25) is 0 Å². The number of hydrogen-bond donors (Lipinski definition) is 1. The zero-order chi connectivity index (χ0) is 22.4. The topological polar surface area (TPSA) is 85.3 Å². The minimum atomic E-state index is -1.15. The van der Waals surface area contributed by atoms with Gasteiger partial charge in [-0.1, -0.05) is 6.07 Å². The van der Waals surface area contributed by atoms with Crippen molar-refractivity contribution < 1.29 is 28.9 Å². The van der Waals surface area contributed by atoms with Gasteiger partial charge >= 0.3 is 5.97 Å². The number of ether oxygens (including phenoxy) is 3. The number of amides is 1. The van der Waals surface area contributed by atoms with Crippen LogP contribution in [0.5, 0.6) is 17.2 Å². The second kappa shape index (κ2) is 9.99. The van der Waals surface area contributed by atoms with Crippen LogP contribution < -0.4 is 14.2 Å². The Labute approximate surface area is 184 Å². The fourth-order valence-corrected chi connectivity index (χ4v) is 4.03. The molecule has 1 aromatic heterocycles. The standard InChI is InChI=1S/C23H23NO6S/c1-28-17-9-6-15(7-10-17)22(25)24(21(23(26)27)20-5-4-12-31-20)14-16-8-11-18(29-2)13-19(16)30-3/h4-13,21H,14H2,1-3H3,(H,26,27). The molecule has 31 heavy (non-hydrogen) atoms. The average molecular weight is 442 g/mol. The maximum Gasteiger partial charge on any atom is 0.331 e. The maximum absolute atomic E-state index is 13.5. The molecule has 1 amide bonds. The van der Waals surface area contributed by atoms with Gasteiger partial charge in [-0.3, -0.25) is 4.79 Å². The summed E-state index contributed by atoms with van der Waals surface area (Å²) in [5, 5.41) is 11.8. The molecule has 162 valence electrons. The van der Waals surface area contributed by atoms with Crippen molar-refractivity contribution in [3.05, 3.63) is 76.0 Å². The van der Waals surface area contributed by atoms with E-state index in [1.165, 1.54) is 30.5 Å². The van der Waals surface area contributed by atoms with Crippen LogP contribution in [0.25, 0.3) is 0 Å². The lowest BCUT2D eigenvalue weighted by Crippen LogP contribution is -2.38. The van der Waals surface area contributed by atoms with Crippen LogP contribution in [0.15, 0.2) is 60.0 Å². The molecule has 0 aliphatic carbocycles. The summed E-state index contributed by atoms with van der Waals surface area (Å²) in [6, 6.07) is 14.1. The van der Waals surface area contributed by atoms with Gasteiger partial charge in [0.05, 0.1) is 27.9 Å². The van der Waals surface area contributed by atoms with E-state index in [4.69, 9.17) is 14.2 Å². The molecule has 1 N–H and O–H groups in total. The fourth-order valence-electron chi connectivity index (χ4n) is 3.20. The van der Waals surface area contributed by atoms with Gasteiger partial charge < -0.3 is 24.2 Å². The highest BCUT2D eigenvalue weighted by Gasteiger charge is 2.33. The smallest absolute Gasteiger partial charge is 0.331 e. The molecule has 0 bridgehead atoms. The van der Waals surface area contributed by atoms with E-state index in [2.05, 4.69) is 0 Å². The molecular formula is C23H23NO6S. The van der Waals surface area contributed by atoms with E-state index < -0.39 is 17.9 Å². The number of aliphatic carboxylic acids is 1. The molecule has 1 heterocycles. The molecule has 1 atom stereocenters. The van der Waals surface area contributed by atoms with Gasteiger partial charge in [-0.05, 0) is 47.8 Å². The average Bonchev–Trinajstić information content (AvgIpc) is 3.32. The van der Waals surface area contributed by atoms with Crippen LogP contribution in [0.3, 0.4) is 0 Å². The Morgan fingerprint density at radius 1 is 0.968 bits per heavy atom. The second-order valence-corrected chi connectivity index (χ2v) is 7.57. The molecule has 0 saturated heterocycles. The Morgan fingerprint density at radius 3 is 2.19 bits per heavy atom. The van der Waals surface area contributed by atoms with E-state index in [-0.39, 0.29) is 6.54 Å². The number of carbonyl (C=O) groups is 2. The number of carbonyl (C=O) groups excluding carboxylic acids is 1. The summed E-state index contributed by atoms with van der Waals surface area (Å²) in [7, 11) is 4.60. The number of thiophene rings is 1. The first-order valence-corrected chi connectivity index (χ1v) is 10.3. The van der Waals surface area contributed by atoms with Crippen LogP contribution in [0.2, 0.25) is 0 Å². The molecule has 2 aromatic carbocycles. The molecule has 0 aliphatic heterocycles. The van der Waals surface area contributed by atoms with E-state index in [0.29, 0.717) is 33.3 Å². The van der Waals surface area contributed by atoms with Gasteiger partial charge in [0.15, 0.2) is 6.04 Å². The van der Waals surface area contributed by atoms with Gasteiger partial charge in [-0.2, -0.15) is 0 Å². The molecular weight excluding hydrogens is 418 g/mol. The summed E-state index contributed by atoms with van der Waals surface area (Å²) in [5.41, 5.74) is 1.02. The Morgan fingerprint density at radius 2 is 1.65 bits per heavy atom. The van der Waals surface area contributed by atoms with Crippen LogP contribution in [0.4, 0.5) is 0 Å². The van der Waals surface area contributed by atoms with Gasteiger partial charge in [0, 0.05) is 22.1 Å². The van der Waals surface area contributed by atoms with E-state index in [9.17, 15) is 14.7 Å². The van der Waals surface area contributed by atoms with E-state index in [1.54, 1.807) is 67.1 Å². The Kier molecular flexibility index (Phi) is 7.15. The molecule has 1 unspecified atom stereocenters. The normalized spacial score (nSPS) is 11.5. The van der Waals surface area contributed by atoms with Gasteiger partial charge in [-0.15, -0.1) is 11.3 Å². The van der Waals surface area contributed by atoms with Gasteiger partial charge in [0.25, 0.3) is 5.91 Å². The predicted molar refractivity (Wildman–Crippen MR) is 117 cm³/mol. The first kappa shape index (κ1) is 22.2. The zero-order valence-electron chi connectivity index (χ0n) is 17.4. The fraction of sp³-hybridized carbons (Fsp3) is 0.217. The summed E-state index contributed by atoms with van der Waals surface area (Å²) in [6.45, 7) is 0.0346. The Balaban J connectivity index is 2.05. The van der Waals surface area contributed by atoms with Crippen molar-refractivity contribution in [1.82, 2.24) is 4.90 Å². The van der Waals surface area contributed by atoms with Crippen molar-refractivity contribution in [2.24, 2.45) is 0 Å². The highest BCUT2D eigenvalue weighted by molar-refractivity contribution is 7.10. The SMILES string of the molecule is COc1ccc(C(=O)N(Cc2ccc(OC)cc2OC)C(C(=O)O)c2cccs2)cc1. The van der Waals surface area contributed by atoms with Crippen LogP contribution in [-0.4, -0.2) is 43.2 Å². The minimum absolute atomic E-state index is 0.0346. The van der Waals surface area contributed by atoms with Crippen LogP contribution in [0.1, 0.15) is 26.8 Å². The van der Waals surface area contributed by atoms with Crippen molar-refractivity contribution >= 4 is 23.2 Å². The maximum atomic E-state index is 13.5. The highest BCUT2D eigenvalue weighted by Crippen LogP contribution is 2.32. The lowest BCUT2D eigenvalue weighted by molar-refractivity contribution is -0.142. The zero-order valence-corrected chi connectivity index (χ0v) is 18.2. The Hall–Kier alpha value is -3.52. The summed E-state index contributed by atoms with van der Waals surface area (Å²) in [5.74, 6) is 0.176. The van der Waals surface area contributed by atoms with E-state index in [1.807, 2.05) is 0 Å². The summed E-state index contributed by atoms with van der Waals surface area (Å²) in [4.78, 5) is 27.6. The Bertz CT molecular complexity index is 1030. The van der Waals surface area contributed by atoms with E-state index in [0.717, 1.165) is 0 Å². The number of methoxy groups -OCH3 is 3. The predicted octanol–water partition coefficient (Wildman–Crippen LogP) is 4.24. The summed E-state index contributed by atoms with van der Waals surface area (Å²) >= 11 is 1.29. The summed E-state index contributed by atoms with van der Waals surface area (Å²) in [6.07, 6.45) is 0. The number of benzene rings is 2. The number of carboxylic acids is 1. The highest BCUT2D eigenvalue weighted by atomic mass is 32.1. The van der Waals surface area contributed by atoms with Crippen molar-refractivity contribution in [1.29, 1.82) is 0 Å². The van der Waals surface area contributed by atoms with Crippen molar-refractivity contribution in [3.63, 3.8) is 0 Å². The van der Waals surface area contributed by atoms with Crippen LogP contribution >= 0.6 is 11.3 Å². The molecule has 3 rings (SSSR count). The first-order chi connectivity index (χ1) is 15.0. The van der Waals surface area contributed by atoms with Gasteiger partial charge in [0.1, 0.15) is 17.2 Å². The molecule has 3 aromatic rings. The first-order valence-electron chi connectivity index (χ1n) is 9.40. The number of carboxylic acid groups (broad SMARTS) is 1. The number of nitrogens with zero attached hydrogens (tertiary/aromatic N) is 1. The largest absolute Gasteiger partial charge is 0.497 e. The number of rotatable bonds is 9. The van der Waals surface area contributed by atoms with Crippen molar-refractivity contribution in [3.8, 4) is 17.2 Å². The molecule has 8 heteroatoms. The third-order valence-electron chi connectivity index (χ3n) is 4.79. The van der Waals surface area contributed by atoms with Crippen LogP contribution in [-0.2, 0) is 11.3 Å². The molecule has 0 spiro atoms. The lowest BCUT2D eigenvalue weighted by Gasteiger charge is -2.29. The third kappa shape index (κ3) is 4.97. The van der Waals surface area contributed by atoms with E-state index >= 15 is 0 Å². The van der Waals surface area contributed by atoms with Gasteiger partial charge in [-0.25, -0.2) is 4.79 Å². The quantitative estimate of drug-likeness (QED) is 0.535. The minimum Gasteiger partial charge on any atom is -0.497 e. The van der Waals surface area contributed by atoms with Crippen molar-refractivity contribution in [2.75, 3.05) is 21.3 Å². The lowest BCUT2D eigenvalue weighted by atomic mass is 10.1. The monoisotopic (exact) mass is 441 g/mol. The number of hydrogen-bond acceptors (Lipinski definition) is 6. The van der Waals surface area contributed by atoms with Crippen molar-refractivity contribution in [2.45, 2.75) is 12.6 Å². The third-order valence-corrected chi connectivity index (χ3v) is 5.72. The summed E-state index contributed by atoms with van der Waals surface area (Å²) < 4.78 is 15.8. The second-order valence-electron chi connectivity index (χ2n) is 6.60. The molecule has 0 fully saturated rings. The molecule has 0 saturated carbocycles. The molecule has 0 aliphatic rings. The van der Waals surface area contributed by atoms with Crippen LogP contribution in [0, 0.1) is 0 Å². The molecule has 7 nitrogen and oxygen atoms in total. The molecule has 0 radical (unpaired) electrons.